The van der Waals surface area contributed by atoms with Crippen molar-refractivity contribution in [1.29, 1.82) is 0 Å². The molecule has 0 aliphatic carbocycles. The van der Waals surface area contributed by atoms with Gasteiger partial charge in [-0.15, -0.1) is 0 Å². The van der Waals surface area contributed by atoms with Crippen LogP contribution in [-0.2, 0) is 6.54 Å². The predicted molar refractivity (Wildman–Crippen MR) is 70.6 cm³/mol. The van der Waals surface area contributed by atoms with Gasteiger partial charge >= 0.3 is 0 Å². The standard InChI is InChI=1S/C13H14N4O2/c1-19-12-5-9(4-10(14)6-12)13(18)16-7-11-2-3-15-8-17-11/h2-6,8H,7,14H2,1H3,(H,16,18). The molecule has 0 fully saturated rings. The van der Waals surface area contributed by atoms with E-state index in [0.29, 0.717) is 23.5 Å². The second-order valence-electron chi connectivity index (χ2n) is 3.88. The number of hydrogen-bond acceptors (Lipinski definition) is 5. The van der Waals surface area contributed by atoms with Crippen LogP contribution in [0.25, 0.3) is 0 Å². The summed E-state index contributed by atoms with van der Waals surface area (Å²) < 4.78 is 5.07. The van der Waals surface area contributed by atoms with Crippen molar-refractivity contribution in [1.82, 2.24) is 15.3 Å². The second kappa shape index (κ2) is 5.81. The van der Waals surface area contributed by atoms with E-state index >= 15 is 0 Å². The molecule has 98 valence electrons. The van der Waals surface area contributed by atoms with Crippen LogP contribution in [0.5, 0.6) is 5.75 Å². The molecule has 1 aromatic heterocycles. The lowest BCUT2D eigenvalue weighted by atomic mass is 10.1. The number of carbonyl (C=O) groups is 1. The number of hydrogen-bond donors (Lipinski definition) is 2. The number of nitrogens with two attached hydrogens (primary N) is 1. The number of aromatic nitrogens is 2. The van der Waals surface area contributed by atoms with Crippen molar-refractivity contribution >= 4 is 11.6 Å². The van der Waals surface area contributed by atoms with Crippen molar-refractivity contribution in [2.45, 2.75) is 6.54 Å². The summed E-state index contributed by atoms with van der Waals surface area (Å²) in [6.07, 6.45) is 3.06. The van der Waals surface area contributed by atoms with Crippen LogP contribution in [0.15, 0.2) is 36.8 Å². The molecule has 1 aromatic carbocycles. The van der Waals surface area contributed by atoms with Crippen LogP contribution < -0.4 is 15.8 Å². The van der Waals surface area contributed by atoms with Crippen molar-refractivity contribution in [2.75, 3.05) is 12.8 Å². The van der Waals surface area contributed by atoms with Crippen LogP contribution in [0, 0.1) is 0 Å². The number of benzene rings is 1. The summed E-state index contributed by atoms with van der Waals surface area (Å²) in [6, 6.07) is 6.62. The molecule has 3 N–H and O–H groups in total. The van der Waals surface area contributed by atoms with E-state index < -0.39 is 0 Å². The molecule has 0 bridgehead atoms. The zero-order valence-corrected chi connectivity index (χ0v) is 10.5. The van der Waals surface area contributed by atoms with Crippen molar-refractivity contribution in [3.8, 4) is 5.75 Å². The van der Waals surface area contributed by atoms with Gasteiger partial charge in [-0.2, -0.15) is 0 Å². The van der Waals surface area contributed by atoms with E-state index in [2.05, 4.69) is 15.3 Å². The molecule has 0 radical (unpaired) electrons. The minimum atomic E-state index is -0.232. The van der Waals surface area contributed by atoms with Gasteiger partial charge in [0.1, 0.15) is 12.1 Å². The number of nitrogens with one attached hydrogen (secondary N) is 1. The summed E-state index contributed by atoms with van der Waals surface area (Å²) in [5.41, 5.74) is 7.36. The van der Waals surface area contributed by atoms with Crippen LogP contribution in [0.3, 0.4) is 0 Å². The maximum absolute atomic E-state index is 12.0. The van der Waals surface area contributed by atoms with Gasteiger partial charge in [0.2, 0.25) is 0 Å². The molecule has 1 heterocycles. The van der Waals surface area contributed by atoms with E-state index in [1.807, 2.05) is 0 Å². The molecule has 0 aliphatic heterocycles. The number of ether oxygens (including phenoxy) is 1. The molecule has 0 spiro atoms. The molecule has 0 saturated heterocycles. The number of nitrogens with zero attached hydrogens (tertiary/aromatic N) is 2. The summed E-state index contributed by atoms with van der Waals surface area (Å²) in [5, 5.41) is 2.75. The topological polar surface area (TPSA) is 90.1 Å². The molecule has 0 saturated carbocycles. The van der Waals surface area contributed by atoms with E-state index in [4.69, 9.17) is 10.5 Å². The van der Waals surface area contributed by atoms with Gasteiger partial charge < -0.3 is 15.8 Å². The molecule has 6 nitrogen and oxygen atoms in total. The highest BCUT2D eigenvalue weighted by molar-refractivity contribution is 5.95. The minimum absolute atomic E-state index is 0.232. The largest absolute Gasteiger partial charge is 0.497 e. The number of anilines is 1. The number of amides is 1. The third kappa shape index (κ3) is 3.41. The molecule has 6 heteroatoms. The van der Waals surface area contributed by atoms with Gasteiger partial charge in [0.15, 0.2) is 0 Å². The lowest BCUT2D eigenvalue weighted by Gasteiger charge is -2.07. The quantitative estimate of drug-likeness (QED) is 0.798. The average Bonchev–Trinajstić information content (AvgIpc) is 2.45. The van der Waals surface area contributed by atoms with Gasteiger partial charge in [-0.05, 0) is 18.2 Å². The zero-order chi connectivity index (χ0) is 13.7. The van der Waals surface area contributed by atoms with Crippen LogP contribution in [0.1, 0.15) is 16.1 Å². The summed E-state index contributed by atoms with van der Waals surface area (Å²) in [7, 11) is 1.53. The first kappa shape index (κ1) is 12.8. The van der Waals surface area contributed by atoms with Gasteiger partial charge in [0, 0.05) is 23.5 Å². The fourth-order valence-electron chi connectivity index (χ4n) is 1.57. The Hall–Kier alpha value is -2.63. The monoisotopic (exact) mass is 258 g/mol. The number of methoxy groups -OCH3 is 1. The molecular weight excluding hydrogens is 244 g/mol. The molecule has 0 aliphatic rings. The zero-order valence-electron chi connectivity index (χ0n) is 10.5. The molecule has 0 unspecified atom stereocenters. The Morgan fingerprint density at radius 2 is 2.26 bits per heavy atom. The van der Waals surface area contributed by atoms with E-state index in [-0.39, 0.29) is 5.91 Å². The van der Waals surface area contributed by atoms with E-state index in [0.717, 1.165) is 5.69 Å². The highest BCUT2D eigenvalue weighted by Crippen LogP contribution is 2.18. The molecule has 0 atom stereocenters. The summed E-state index contributed by atoms with van der Waals surface area (Å²) >= 11 is 0. The lowest BCUT2D eigenvalue weighted by Crippen LogP contribution is -2.23. The Bertz CT molecular complexity index is 572. The highest BCUT2D eigenvalue weighted by Gasteiger charge is 2.08. The maximum atomic E-state index is 12.0. The molecule has 2 aromatic rings. The predicted octanol–water partition coefficient (Wildman–Crippen LogP) is 0.997. The Kier molecular flexibility index (Phi) is 3.92. The maximum Gasteiger partial charge on any atom is 0.251 e. The van der Waals surface area contributed by atoms with E-state index in [1.54, 1.807) is 30.5 Å². The third-order valence-electron chi connectivity index (χ3n) is 2.50. The normalized spacial score (nSPS) is 9.95. The van der Waals surface area contributed by atoms with Crippen molar-refractivity contribution < 1.29 is 9.53 Å². The van der Waals surface area contributed by atoms with Gasteiger partial charge in [-0.1, -0.05) is 0 Å². The first-order valence-electron chi connectivity index (χ1n) is 5.66. The smallest absolute Gasteiger partial charge is 0.251 e. The van der Waals surface area contributed by atoms with Crippen LogP contribution in [-0.4, -0.2) is 23.0 Å². The molecular formula is C13H14N4O2. The fraction of sp³-hybridized carbons (Fsp3) is 0.154. The van der Waals surface area contributed by atoms with Crippen molar-refractivity contribution in [3.05, 3.63) is 48.0 Å². The van der Waals surface area contributed by atoms with Gasteiger partial charge in [0.25, 0.3) is 5.91 Å². The van der Waals surface area contributed by atoms with Crippen LogP contribution in [0.4, 0.5) is 5.69 Å². The van der Waals surface area contributed by atoms with Crippen LogP contribution in [0.2, 0.25) is 0 Å². The van der Waals surface area contributed by atoms with Gasteiger partial charge in [-0.3, -0.25) is 4.79 Å². The summed E-state index contributed by atoms with van der Waals surface area (Å²) in [4.78, 5) is 19.8. The molecule has 19 heavy (non-hydrogen) atoms. The fourth-order valence-corrected chi connectivity index (χ4v) is 1.57. The Balaban J connectivity index is 2.06. The number of rotatable bonds is 4. The SMILES string of the molecule is COc1cc(N)cc(C(=O)NCc2ccncn2)c1. The van der Waals surface area contributed by atoms with Crippen molar-refractivity contribution in [3.63, 3.8) is 0 Å². The Morgan fingerprint density at radius 1 is 1.42 bits per heavy atom. The minimum Gasteiger partial charge on any atom is -0.497 e. The molecule has 1 amide bonds. The summed E-state index contributed by atoms with van der Waals surface area (Å²) in [5.74, 6) is 0.316. The first-order chi connectivity index (χ1) is 9.19. The first-order valence-corrected chi connectivity index (χ1v) is 5.66. The Labute approximate surface area is 110 Å². The highest BCUT2D eigenvalue weighted by atomic mass is 16.5. The van der Waals surface area contributed by atoms with E-state index in [9.17, 15) is 4.79 Å². The Morgan fingerprint density at radius 3 is 2.95 bits per heavy atom. The van der Waals surface area contributed by atoms with Crippen LogP contribution >= 0.6 is 0 Å². The lowest BCUT2D eigenvalue weighted by molar-refractivity contribution is 0.0950. The van der Waals surface area contributed by atoms with Crippen molar-refractivity contribution in [2.24, 2.45) is 0 Å². The van der Waals surface area contributed by atoms with Gasteiger partial charge in [0.05, 0.1) is 19.3 Å². The third-order valence-corrected chi connectivity index (χ3v) is 2.50. The molecule has 2 rings (SSSR count). The number of nitrogen functional groups attached to an aromatic ring is 1. The van der Waals surface area contributed by atoms with Gasteiger partial charge in [-0.25, -0.2) is 9.97 Å². The number of carbonyl (C=O) groups excluding carboxylic acids is 1. The van der Waals surface area contributed by atoms with E-state index in [1.165, 1.54) is 13.4 Å². The summed E-state index contributed by atoms with van der Waals surface area (Å²) in [6.45, 7) is 0.332. The second-order valence-corrected chi connectivity index (χ2v) is 3.88. The average molecular weight is 258 g/mol.